The molecule has 2 aliphatic heterocycles. The molecule has 0 bridgehead atoms. The maximum Gasteiger partial charge on any atom is 0.307 e. The Morgan fingerprint density at radius 3 is 1.24 bits per heavy atom. The van der Waals surface area contributed by atoms with Crippen molar-refractivity contribution in [1.82, 2.24) is 0 Å². The van der Waals surface area contributed by atoms with E-state index in [1.807, 2.05) is 196 Å². The maximum absolute atomic E-state index is 11.5. The molecule has 2 heterocycles. The summed E-state index contributed by atoms with van der Waals surface area (Å²) in [7, 11) is 0. The Kier molecular flexibility index (Phi) is 20.4. The van der Waals surface area contributed by atoms with Crippen molar-refractivity contribution in [3.8, 4) is 0 Å². The van der Waals surface area contributed by atoms with Crippen LogP contribution in [0, 0.1) is 0 Å². The molecule has 0 amide bonds. The average molecular weight is 963 g/mol. The third kappa shape index (κ3) is 15.7. The van der Waals surface area contributed by atoms with Crippen LogP contribution in [0.1, 0.15) is 60.6 Å². The monoisotopic (exact) mass is 962 g/mol. The first kappa shape index (κ1) is 52.7. The molecule has 11 heteroatoms. The molecule has 2 aliphatic rings. The summed E-state index contributed by atoms with van der Waals surface area (Å²) in [6.45, 7) is 8.51. The second kappa shape index (κ2) is 27.5. The number of esters is 1. The van der Waals surface area contributed by atoms with Crippen LogP contribution in [0.2, 0.25) is 0 Å². The first-order chi connectivity index (χ1) is 34.7. The van der Waals surface area contributed by atoms with Gasteiger partial charge < -0.3 is 47.4 Å². The van der Waals surface area contributed by atoms with Crippen molar-refractivity contribution in [2.24, 2.45) is 0 Å². The summed E-state index contributed by atoms with van der Waals surface area (Å²) in [5.74, 6) is -0.402. The van der Waals surface area contributed by atoms with Crippen molar-refractivity contribution in [2.45, 2.75) is 115 Å². The van der Waals surface area contributed by atoms with Crippen molar-refractivity contribution in [3.05, 3.63) is 228 Å². The first-order valence-electron chi connectivity index (χ1n) is 24.2. The lowest BCUT2D eigenvalue weighted by Gasteiger charge is -2.35. The second-order valence-electron chi connectivity index (χ2n) is 18.0. The van der Waals surface area contributed by atoms with Crippen molar-refractivity contribution in [1.29, 1.82) is 0 Å². The molecule has 2 unspecified atom stereocenters. The van der Waals surface area contributed by atoms with Crippen molar-refractivity contribution in [2.75, 3.05) is 13.2 Å². The smallest absolute Gasteiger partial charge is 0.307 e. The van der Waals surface area contributed by atoms with Gasteiger partial charge in [-0.05, 0) is 53.3 Å². The van der Waals surface area contributed by atoms with E-state index in [4.69, 9.17) is 42.6 Å². The molecule has 0 N–H and O–H groups in total. The van der Waals surface area contributed by atoms with E-state index in [1.54, 1.807) is 6.08 Å². The van der Waals surface area contributed by atoms with Crippen LogP contribution in [-0.4, -0.2) is 73.3 Å². The molecule has 0 saturated carbocycles. The number of hydrogen-bond acceptors (Lipinski definition) is 11. The van der Waals surface area contributed by atoms with Gasteiger partial charge in [-0.15, -0.1) is 0 Å². The highest BCUT2D eigenvalue weighted by Crippen LogP contribution is 2.41. The quantitative estimate of drug-likeness (QED) is 0.0328. The fourth-order valence-corrected chi connectivity index (χ4v) is 8.73. The third-order valence-corrected chi connectivity index (χ3v) is 12.6. The van der Waals surface area contributed by atoms with Gasteiger partial charge in [-0.25, -0.2) is 0 Å². The zero-order valence-corrected chi connectivity index (χ0v) is 40.9. The minimum Gasteiger partial charge on any atom is -0.435 e. The van der Waals surface area contributed by atoms with Gasteiger partial charge in [0.25, 0.3) is 0 Å². The minimum atomic E-state index is -0.873. The molecule has 0 radical (unpaired) electrons. The molecule has 8 atom stereocenters. The summed E-state index contributed by atoms with van der Waals surface area (Å²) in [6, 6.07) is 60.0. The van der Waals surface area contributed by atoms with E-state index < -0.39 is 47.7 Å². The Bertz CT molecular complexity index is 2460. The van der Waals surface area contributed by atoms with Crippen LogP contribution in [0.15, 0.2) is 194 Å². The molecule has 2 fully saturated rings. The lowest BCUT2D eigenvalue weighted by molar-refractivity contribution is -0.148. The van der Waals surface area contributed by atoms with Crippen LogP contribution in [0.3, 0.4) is 0 Å². The highest BCUT2D eigenvalue weighted by atomic mass is 16.6. The Morgan fingerprint density at radius 1 is 0.493 bits per heavy atom. The summed E-state index contributed by atoms with van der Waals surface area (Å²) in [5, 5.41) is 0. The lowest BCUT2D eigenvalue weighted by atomic mass is 9.90. The van der Waals surface area contributed by atoms with Gasteiger partial charge in [0, 0.05) is 13.3 Å². The van der Waals surface area contributed by atoms with Gasteiger partial charge in [0.05, 0.1) is 65.2 Å². The Balaban J connectivity index is 0.000000209. The fourth-order valence-electron chi connectivity index (χ4n) is 8.73. The van der Waals surface area contributed by atoms with Gasteiger partial charge in [0.2, 0.25) is 0 Å². The highest BCUT2D eigenvalue weighted by Gasteiger charge is 2.56. The lowest BCUT2D eigenvalue weighted by Crippen LogP contribution is -2.50. The third-order valence-electron chi connectivity index (χ3n) is 12.6. The van der Waals surface area contributed by atoms with Gasteiger partial charge in [0.15, 0.2) is 0 Å². The molecule has 0 aromatic heterocycles. The van der Waals surface area contributed by atoms with Gasteiger partial charge in [-0.1, -0.05) is 182 Å². The van der Waals surface area contributed by atoms with Crippen LogP contribution < -0.4 is 0 Å². The molecular weight excluding hydrogens is 897 g/mol. The topological polar surface area (TPSA) is 117 Å². The molecule has 6 aromatic carbocycles. The van der Waals surface area contributed by atoms with Gasteiger partial charge >= 0.3 is 5.97 Å². The number of ether oxygens (including phenoxy) is 9. The van der Waals surface area contributed by atoms with Crippen molar-refractivity contribution in [3.63, 3.8) is 0 Å². The molecule has 0 aliphatic carbocycles. The van der Waals surface area contributed by atoms with Crippen LogP contribution >= 0.6 is 0 Å². The molecule has 0 spiro atoms. The van der Waals surface area contributed by atoms with E-state index in [0.29, 0.717) is 52.9 Å². The summed E-state index contributed by atoms with van der Waals surface area (Å²) in [6.07, 6.45) is 1.61. The van der Waals surface area contributed by atoms with Crippen molar-refractivity contribution < 1.29 is 52.2 Å². The van der Waals surface area contributed by atoms with E-state index in [1.165, 1.54) is 13.2 Å². The number of rotatable bonds is 24. The van der Waals surface area contributed by atoms with Crippen LogP contribution in [0.25, 0.3) is 0 Å². The second-order valence-corrected chi connectivity index (χ2v) is 18.0. The largest absolute Gasteiger partial charge is 0.435 e. The summed E-state index contributed by atoms with van der Waals surface area (Å²) in [5.41, 5.74) is 4.70. The Morgan fingerprint density at radius 2 is 0.845 bits per heavy atom. The first-order valence-corrected chi connectivity index (χ1v) is 24.2. The summed E-state index contributed by atoms with van der Waals surface area (Å²) in [4.78, 5) is 22.9. The SMILES string of the molecule is CC(=O)OC=CC1O[C@H](COCc2ccccc2)[C@@H](OCc2ccccc2)[C@@]1(C)OCc1ccccc1.C[C@@]1(OCc2ccccc2)C(CC=O)O[C@H](COCc2ccccc2)[C@H]1OCc1ccccc1. The number of benzene rings is 6. The summed E-state index contributed by atoms with van der Waals surface area (Å²) < 4.78 is 55.9. The number of aldehydes is 1. The van der Waals surface area contributed by atoms with Crippen LogP contribution in [0.5, 0.6) is 0 Å². The number of carbonyl (C=O) groups is 2. The van der Waals surface area contributed by atoms with E-state index in [9.17, 15) is 9.59 Å². The standard InChI is InChI=1S/C31H34O6.C29H32O5/c1-24(32)34-19-18-29-31(2,36-22-27-16-10-5-11-17-27)30(35-21-26-14-8-4-9-15-26)28(37-29)23-33-20-25-12-6-3-7-13-25;1-29(33-21-25-15-9-4-10-16-25)27(17-18-30)34-26(22-31-19-23-11-5-2-6-12-23)28(29)32-20-24-13-7-3-8-14-24/h3-19,28-30H,20-23H2,1-2H3;2-16,18,26-28H,17,19-22H2,1H3/t28-,29?,30-,31+;26-,27?,28-,29-/m11/s1. The molecule has 6 aromatic rings. The average Bonchev–Trinajstić information content (AvgIpc) is 3.82. The molecule has 8 rings (SSSR count). The normalized spacial score (nSPS) is 23.8. The Hall–Kier alpha value is -6.12. The zero-order chi connectivity index (χ0) is 49.6. The Labute approximate surface area is 418 Å². The summed E-state index contributed by atoms with van der Waals surface area (Å²) >= 11 is 0. The van der Waals surface area contributed by atoms with Crippen molar-refractivity contribution >= 4 is 12.3 Å². The number of carbonyl (C=O) groups excluding carboxylic acids is 2. The molecule has 2 saturated heterocycles. The van der Waals surface area contributed by atoms with Gasteiger partial charge in [-0.3, -0.25) is 4.79 Å². The van der Waals surface area contributed by atoms with Crippen LogP contribution in [-0.2, 0) is 91.9 Å². The van der Waals surface area contributed by atoms with E-state index in [-0.39, 0.29) is 12.5 Å². The van der Waals surface area contributed by atoms with E-state index >= 15 is 0 Å². The molecule has 71 heavy (non-hydrogen) atoms. The highest BCUT2D eigenvalue weighted by molar-refractivity contribution is 5.66. The van der Waals surface area contributed by atoms with E-state index in [2.05, 4.69) is 0 Å². The molecule has 11 nitrogen and oxygen atoms in total. The van der Waals surface area contributed by atoms with Gasteiger partial charge in [0.1, 0.15) is 48.0 Å². The molecular formula is C60H66O11. The maximum atomic E-state index is 11.5. The fraction of sp³-hybridized carbons (Fsp3) is 0.333. The van der Waals surface area contributed by atoms with Crippen LogP contribution in [0.4, 0.5) is 0 Å². The van der Waals surface area contributed by atoms with Gasteiger partial charge in [-0.2, -0.15) is 0 Å². The minimum absolute atomic E-state index is 0.228. The predicted octanol–water partition coefficient (Wildman–Crippen LogP) is 10.7. The predicted molar refractivity (Wildman–Crippen MR) is 270 cm³/mol. The number of hydrogen-bond donors (Lipinski definition) is 0. The zero-order valence-electron chi connectivity index (χ0n) is 40.9. The molecule has 372 valence electrons. The van der Waals surface area contributed by atoms with E-state index in [0.717, 1.165) is 39.7 Å².